The van der Waals surface area contributed by atoms with Gasteiger partial charge in [-0.05, 0) is 29.8 Å². The summed E-state index contributed by atoms with van der Waals surface area (Å²) in [6, 6.07) is 10.3. The molecule has 100 valence electrons. The maximum absolute atomic E-state index is 12.3. The van der Waals surface area contributed by atoms with Gasteiger partial charge in [-0.25, -0.2) is 4.98 Å². The Morgan fingerprint density at radius 2 is 2.15 bits per heavy atom. The Bertz CT molecular complexity index is 691. The van der Waals surface area contributed by atoms with Crippen LogP contribution in [0.5, 0.6) is 0 Å². The fourth-order valence-corrected chi connectivity index (χ4v) is 3.31. The predicted molar refractivity (Wildman–Crippen MR) is 77.9 cm³/mol. The number of carbonyl (C=O) groups is 2. The molecule has 0 saturated carbocycles. The first kappa shape index (κ1) is 13.1. The van der Waals surface area contributed by atoms with Crippen LogP contribution in [0, 0.1) is 0 Å². The molecule has 1 N–H and O–H groups in total. The van der Waals surface area contributed by atoms with Crippen molar-refractivity contribution in [1.82, 2.24) is 4.98 Å². The third-order valence-electron chi connectivity index (χ3n) is 2.91. The second-order valence-electron chi connectivity index (χ2n) is 4.24. The van der Waals surface area contributed by atoms with Crippen LogP contribution in [0.3, 0.4) is 0 Å². The Labute approximate surface area is 124 Å². The molecule has 0 fully saturated rings. The zero-order chi connectivity index (χ0) is 14.1. The number of benzene rings is 1. The fraction of sp³-hybridized carbons (Fsp3) is 0.0714. The number of amides is 1. The molecule has 0 aliphatic carbocycles. The normalized spacial score (nSPS) is 16.9. The number of carbonyl (C=O) groups excluding carboxylic acids is 2. The van der Waals surface area contributed by atoms with E-state index in [1.807, 2.05) is 0 Å². The van der Waals surface area contributed by atoms with E-state index in [0.29, 0.717) is 16.4 Å². The van der Waals surface area contributed by atoms with E-state index in [1.165, 1.54) is 0 Å². The molecule has 0 saturated heterocycles. The van der Waals surface area contributed by atoms with Gasteiger partial charge in [0.25, 0.3) is 0 Å². The number of anilines is 1. The van der Waals surface area contributed by atoms with Crippen molar-refractivity contribution in [2.75, 3.05) is 5.32 Å². The monoisotopic (exact) mass is 304 g/mol. The van der Waals surface area contributed by atoms with Gasteiger partial charge in [-0.3, -0.25) is 9.59 Å². The van der Waals surface area contributed by atoms with Crippen LogP contribution in [0.15, 0.2) is 47.5 Å². The van der Waals surface area contributed by atoms with Gasteiger partial charge >= 0.3 is 0 Å². The van der Waals surface area contributed by atoms with E-state index in [-0.39, 0.29) is 11.0 Å². The summed E-state index contributed by atoms with van der Waals surface area (Å²) in [5, 5.41) is 3.00. The smallest absolute Gasteiger partial charge is 0.241 e. The summed E-state index contributed by atoms with van der Waals surface area (Å²) in [5.74, 6) is -0.755. The van der Waals surface area contributed by atoms with Crippen LogP contribution in [0.25, 0.3) is 0 Å². The number of thioether (sulfide) groups is 1. The summed E-state index contributed by atoms with van der Waals surface area (Å²) >= 11 is 6.94. The lowest BCUT2D eigenvalue weighted by atomic mass is 10.00. The minimum Gasteiger partial charge on any atom is -0.310 e. The molecule has 2 aromatic rings. The zero-order valence-corrected chi connectivity index (χ0v) is 11.7. The Hall–Kier alpha value is -1.85. The van der Waals surface area contributed by atoms with Gasteiger partial charge in [0.2, 0.25) is 11.0 Å². The van der Waals surface area contributed by atoms with Crippen LogP contribution >= 0.6 is 23.4 Å². The first-order valence-corrected chi connectivity index (χ1v) is 7.07. The lowest BCUT2D eigenvalue weighted by Crippen LogP contribution is -2.24. The van der Waals surface area contributed by atoms with Gasteiger partial charge in [0, 0.05) is 16.1 Å². The van der Waals surface area contributed by atoms with Crippen LogP contribution in [0.2, 0.25) is 5.02 Å². The van der Waals surface area contributed by atoms with Crippen molar-refractivity contribution >= 4 is 40.2 Å². The second-order valence-corrected chi connectivity index (χ2v) is 5.72. The highest BCUT2D eigenvalue weighted by molar-refractivity contribution is 8.14. The number of pyridine rings is 1. The predicted octanol–water partition coefficient (Wildman–Crippen LogP) is 3.09. The standard InChI is InChI=1S/C14H9ClN2O2S/c15-8-4-5-9-10(7-8)20-14(19)12(9)13(18)17-11-3-1-2-6-16-11/h1-7,12H,(H,16,17,18). The van der Waals surface area contributed by atoms with Gasteiger partial charge in [0.05, 0.1) is 0 Å². The summed E-state index contributed by atoms with van der Waals surface area (Å²) in [5.41, 5.74) is 0.692. The van der Waals surface area contributed by atoms with Crippen molar-refractivity contribution in [2.24, 2.45) is 0 Å². The highest BCUT2D eigenvalue weighted by Crippen LogP contribution is 2.42. The Morgan fingerprint density at radius 3 is 2.90 bits per heavy atom. The largest absolute Gasteiger partial charge is 0.310 e. The molecule has 0 bridgehead atoms. The number of nitrogens with one attached hydrogen (secondary N) is 1. The molecule has 0 spiro atoms. The first-order valence-electron chi connectivity index (χ1n) is 5.88. The van der Waals surface area contributed by atoms with Gasteiger partial charge in [-0.1, -0.05) is 35.5 Å². The average molecular weight is 305 g/mol. The Balaban J connectivity index is 1.88. The molecule has 1 amide bonds. The molecular weight excluding hydrogens is 296 g/mol. The highest BCUT2D eigenvalue weighted by Gasteiger charge is 2.37. The Kier molecular flexibility index (Phi) is 3.46. The minimum atomic E-state index is -0.811. The van der Waals surface area contributed by atoms with E-state index in [9.17, 15) is 9.59 Å². The lowest BCUT2D eigenvalue weighted by Gasteiger charge is -2.09. The second kappa shape index (κ2) is 5.26. The highest BCUT2D eigenvalue weighted by atomic mass is 35.5. The summed E-state index contributed by atoms with van der Waals surface area (Å²) in [6.45, 7) is 0. The average Bonchev–Trinajstić information content (AvgIpc) is 2.74. The van der Waals surface area contributed by atoms with Gasteiger partial charge in [0.1, 0.15) is 11.7 Å². The van der Waals surface area contributed by atoms with E-state index >= 15 is 0 Å². The number of hydrogen-bond donors (Lipinski definition) is 1. The van der Waals surface area contributed by atoms with E-state index in [1.54, 1.807) is 42.6 Å². The van der Waals surface area contributed by atoms with Crippen molar-refractivity contribution in [3.8, 4) is 0 Å². The Morgan fingerprint density at radius 1 is 1.30 bits per heavy atom. The molecule has 2 heterocycles. The quantitative estimate of drug-likeness (QED) is 0.866. The number of fused-ring (bicyclic) bond motifs is 1. The topological polar surface area (TPSA) is 59.1 Å². The van der Waals surface area contributed by atoms with Gasteiger partial charge in [-0.2, -0.15) is 0 Å². The summed E-state index contributed by atoms with van der Waals surface area (Å²) in [7, 11) is 0. The molecule has 1 unspecified atom stereocenters. The third kappa shape index (κ3) is 2.42. The molecule has 1 aliphatic heterocycles. The summed E-state index contributed by atoms with van der Waals surface area (Å²) < 4.78 is 0. The molecule has 1 atom stereocenters. The van der Waals surface area contributed by atoms with Crippen molar-refractivity contribution in [3.05, 3.63) is 53.2 Å². The van der Waals surface area contributed by atoms with E-state index in [0.717, 1.165) is 16.7 Å². The molecule has 20 heavy (non-hydrogen) atoms. The SMILES string of the molecule is O=C(Nc1ccccn1)C1C(=O)Sc2cc(Cl)ccc21. The molecule has 1 aliphatic rings. The van der Waals surface area contributed by atoms with Crippen LogP contribution in [0.1, 0.15) is 11.5 Å². The number of rotatable bonds is 2. The molecule has 6 heteroatoms. The molecule has 1 aromatic carbocycles. The molecule has 4 nitrogen and oxygen atoms in total. The van der Waals surface area contributed by atoms with E-state index in [4.69, 9.17) is 11.6 Å². The van der Waals surface area contributed by atoms with Gasteiger partial charge in [0.15, 0.2) is 0 Å². The van der Waals surface area contributed by atoms with Crippen molar-refractivity contribution in [1.29, 1.82) is 0 Å². The lowest BCUT2D eigenvalue weighted by molar-refractivity contribution is -0.123. The number of aromatic nitrogens is 1. The number of hydrogen-bond acceptors (Lipinski definition) is 4. The summed E-state index contributed by atoms with van der Waals surface area (Å²) in [4.78, 5) is 29.0. The van der Waals surface area contributed by atoms with Crippen molar-refractivity contribution in [3.63, 3.8) is 0 Å². The van der Waals surface area contributed by atoms with Crippen LogP contribution in [-0.4, -0.2) is 16.0 Å². The third-order valence-corrected chi connectivity index (χ3v) is 4.16. The molecule has 1 aromatic heterocycles. The van der Waals surface area contributed by atoms with E-state index in [2.05, 4.69) is 10.3 Å². The maximum atomic E-state index is 12.3. The fourth-order valence-electron chi connectivity index (χ4n) is 2.01. The van der Waals surface area contributed by atoms with Crippen molar-refractivity contribution < 1.29 is 9.59 Å². The maximum Gasteiger partial charge on any atom is 0.241 e. The zero-order valence-electron chi connectivity index (χ0n) is 10.2. The van der Waals surface area contributed by atoms with Crippen LogP contribution in [-0.2, 0) is 9.59 Å². The number of nitrogens with zero attached hydrogens (tertiary/aromatic N) is 1. The first-order chi connectivity index (χ1) is 9.65. The number of halogens is 1. The molecular formula is C14H9ClN2O2S. The van der Waals surface area contributed by atoms with Gasteiger partial charge < -0.3 is 5.32 Å². The van der Waals surface area contributed by atoms with Crippen molar-refractivity contribution in [2.45, 2.75) is 10.8 Å². The molecule has 3 rings (SSSR count). The minimum absolute atomic E-state index is 0.198. The van der Waals surface area contributed by atoms with Crippen LogP contribution in [0.4, 0.5) is 5.82 Å². The van der Waals surface area contributed by atoms with Gasteiger partial charge in [-0.15, -0.1) is 0 Å². The van der Waals surface area contributed by atoms with E-state index < -0.39 is 5.92 Å². The molecule has 0 radical (unpaired) electrons. The van der Waals surface area contributed by atoms with Crippen LogP contribution < -0.4 is 5.32 Å². The summed E-state index contributed by atoms with van der Waals surface area (Å²) in [6.07, 6.45) is 1.58.